The summed E-state index contributed by atoms with van der Waals surface area (Å²) in [5.74, 6) is 2.20. The number of methoxy groups -OCH3 is 1. The van der Waals surface area contributed by atoms with Crippen molar-refractivity contribution in [1.82, 2.24) is 0 Å². The molecule has 19 heavy (non-hydrogen) atoms. The van der Waals surface area contributed by atoms with Gasteiger partial charge in [-0.1, -0.05) is 32.3 Å². The third kappa shape index (κ3) is 3.30. The van der Waals surface area contributed by atoms with Gasteiger partial charge in [0, 0.05) is 0 Å². The van der Waals surface area contributed by atoms with Gasteiger partial charge in [0.25, 0.3) is 0 Å². The Hall–Kier alpha value is -1.02. The molecule has 0 amide bonds. The lowest BCUT2D eigenvalue weighted by Gasteiger charge is -2.31. The van der Waals surface area contributed by atoms with Gasteiger partial charge < -0.3 is 9.84 Å². The van der Waals surface area contributed by atoms with E-state index in [0.29, 0.717) is 5.92 Å². The number of benzene rings is 1. The average molecular weight is 262 g/mol. The van der Waals surface area contributed by atoms with Crippen LogP contribution < -0.4 is 4.74 Å². The zero-order valence-electron chi connectivity index (χ0n) is 12.4. The zero-order chi connectivity index (χ0) is 13.8. The molecule has 0 aliphatic heterocycles. The summed E-state index contributed by atoms with van der Waals surface area (Å²) in [5, 5.41) is 10.6. The minimum atomic E-state index is -0.317. The Labute approximate surface area is 116 Å². The van der Waals surface area contributed by atoms with Crippen molar-refractivity contribution < 1.29 is 9.84 Å². The number of hydrogen-bond acceptors (Lipinski definition) is 2. The first-order valence-electron chi connectivity index (χ1n) is 7.48. The molecule has 1 fully saturated rings. The number of aliphatic hydroxyl groups is 1. The minimum absolute atomic E-state index is 0.317. The molecule has 0 spiro atoms. The third-order valence-electron chi connectivity index (χ3n) is 4.68. The van der Waals surface area contributed by atoms with Crippen molar-refractivity contribution >= 4 is 0 Å². The maximum atomic E-state index is 10.6. The molecule has 0 aromatic heterocycles. The van der Waals surface area contributed by atoms with Crippen LogP contribution in [0.1, 0.15) is 56.3 Å². The van der Waals surface area contributed by atoms with Crippen molar-refractivity contribution in [3.8, 4) is 5.75 Å². The van der Waals surface area contributed by atoms with E-state index in [4.69, 9.17) is 4.74 Å². The SMILES string of the molecule is CCC1CCC(C(O)c2ccc(OC)c(C)c2)CC1. The van der Waals surface area contributed by atoms with Gasteiger partial charge in [-0.25, -0.2) is 0 Å². The molecule has 1 N–H and O–H groups in total. The van der Waals surface area contributed by atoms with Crippen LogP contribution in [0.4, 0.5) is 0 Å². The molecule has 2 heteroatoms. The fraction of sp³-hybridized carbons (Fsp3) is 0.647. The van der Waals surface area contributed by atoms with E-state index in [9.17, 15) is 5.11 Å². The fourth-order valence-electron chi connectivity index (χ4n) is 3.27. The summed E-state index contributed by atoms with van der Waals surface area (Å²) >= 11 is 0. The van der Waals surface area contributed by atoms with Crippen LogP contribution in [0.25, 0.3) is 0 Å². The van der Waals surface area contributed by atoms with Gasteiger partial charge in [-0.2, -0.15) is 0 Å². The molecule has 2 rings (SSSR count). The summed E-state index contributed by atoms with van der Waals surface area (Å²) < 4.78 is 5.27. The predicted molar refractivity (Wildman–Crippen MR) is 78.4 cm³/mol. The number of ether oxygens (including phenoxy) is 1. The highest BCUT2D eigenvalue weighted by atomic mass is 16.5. The summed E-state index contributed by atoms with van der Waals surface area (Å²) in [5.41, 5.74) is 2.14. The van der Waals surface area contributed by atoms with Gasteiger partial charge in [0.2, 0.25) is 0 Å². The summed E-state index contributed by atoms with van der Waals surface area (Å²) in [6, 6.07) is 6.03. The summed E-state index contributed by atoms with van der Waals surface area (Å²) in [4.78, 5) is 0. The minimum Gasteiger partial charge on any atom is -0.496 e. The second-order valence-corrected chi connectivity index (χ2v) is 5.86. The number of aliphatic hydroxyl groups excluding tert-OH is 1. The Bertz CT molecular complexity index is 406. The molecule has 1 aliphatic rings. The lowest BCUT2D eigenvalue weighted by Crippen LogP contribution is -2.20. The van der Waals surface area contributed by atoms with Gasteiger partial charge >= 0.3 is 0 Å². The van der Waals surface area contributed by atoms with E-state index in [1.54, 1.807) is 7.11 Å². The Morgan fingerprint density at radius 2 is 1.95 bits per heavy atom. The highest BCUT2D eigenvalue weighted by Gasteiger charge is 2.26. The van der Waals surface area contributed by atoms with Crippen molar-refractivity contribution in [3.05, 3.63) is 29.3 Å². The maximum Gasteiger partial charge on any atom is 0.121 e. The van der Waals surface area contributed by atoms with E-state index >= 15 is 0 Å². The van der Waals surface area contributed by atoms with E-state index in [0.717, 1.165) is 35.6 Å². The molecule has 2 nitrogen and oxygen atoms in total. The third-order valence-corrected chi connectivity index (χ3v) is 4.68. The van der Waals surface area contributed by atoms with Crippen molar-refractivity contribution in [2.45, 2.75) is 52.1 Å². The first kappa shape index (κ1) is 14.4. The average Bonchev–Trinajstić information content (AvgIpc) is 2.46. The zero-order valence-corrected chi connectivity index (χ0v) is 12.4. The van der Waals surface area contributed by atoms with Crippen LogP contribution in [0, 0.1) is 18.8 Å². The first-order chi connectivity index (χ1) is 9.15. The van der Waals surface area contributed by atoms with Crippen molar-refractivity contribution in [1.29, 1.82) is 0 Å². The lowest BCUT2D eigenvalue weighted by atomic mass is 9.77. The van der Waals surface area contributed by atoms with Crippen molar-refractivity contribution in [3.63, 3.8) is 0 Å². The molecule has 1 aromatic carbocycles. The topological polar surface area (TPSA) is 29.5 Å². The van der Waals surface area contributed by atoms with Gasteiger partial charge in [-0.05, 0) is 54.9 Å². The normalized spacial score (nSPS) is 25.1. The highest BCUT2D eigenvalue weighted by Crippen LogP contribution is 2.38. The molecule has 0 saturated heterocycles. The van der Waals surface area contributed by atoms with Gasteiger partial charge in [-0.3, -0.25) is 0 Å². The Kier molecular flexibility index (Phi) is 4.87. The summed E-state index contributed by atoms with van der Waals surface area (Å²) in [6.45, 7) is 4.30. The van der Waals surface area contributed by atoms with Crippen LogP contribution in [0.2, 0.25) is 0 Å². The Morgan fingerprint density at radius 1 is 1.26 bits per heavy atom. The number of rotatable bonds is 4. The predicted octanol–water partition coefficient (Wildman–Crippen LogP) is 4.25. The van der Waals surface area contributed by atoms with Crippen LogP contribution in [-0.2, 0) is 0 Å². The van der Waals surface area contributed by atoms with E-state index in [1.165, 1.54) is 19.3 Å². The van der Waals surface area contributed by atoms with Crippen LogP contribution in [0.5, 0.6) is 5.75 Å². The van der Waals surface area contributed by atoms with E-state index in [2.05, 4.69) is 13.0 Å². The largest absolute Gasteiger partial charge is 0.496 e. The maximum absolute atomic E-state index is 10.6. The van der Waals surface area contributed by atoms with Crippen LogP contribution >= 0.6 is 0 Å². The molecule has 1 aliphatic carbocycles. The molecule has 0 bridgehead atoms. The fourth-order valence-corrected chi connectivity index (χ4v) is 3.27. The van der Waals surface area contributed by atoms with E-state index in [1.807, 2.05) is 19.1 Å². The molecular formula is C17H26O2. The quantitative estimate of drug-likeness (QED) is 0.878. The molecule has 0 radical (unpaired) electrons. The van der Waals surface area contributed by atoms with E-state index < -0.39 is 0 Å². The first-order valence-corrected chi connectivity index (χ1v) is 7.48. The molecule has 1 aromatic rings. The van der Waals surface area contributed by atoms with Crippen molar-refractivity contribution in [2.75, 3.05) is 7.11 Å². The van der Waals surface area contributed by atoms with Crippen LogP contribution in [0.3, 0.4) is 0 Å². The smallest absolute Gasteiger partial charge is 0.121 e. The molecule has 1 unspecified atom stereocenters. The van der Waals surface area contributed by atoms with Crippen molar-refractivity contribution in [2.24, 2.45) is 11.8 Å². The van der Waals surface area contributed by atoms with E-state index in [-0.39, 0.29) is 6.10 Å². The molecule has 1 saturated carbocycles. The lowest BCUT2D eigenvalue weighted by molar-refractivity contribution is 0.0728. The van der Waals surface area contributed by atoms with Crippen LogP contribution in [-0.4, -0.2) is 12.2 Å². The standard InChI is InChI=1S/C17H26O2/c1-4-13-5-7-14(8-6-13)17(18)15-9-10-16(19-3)12(2)11-15/h9-11,13-14,17-18H,4-8H2,1-3H3. The monoisotopic (exact) mass is 262 g/mol. The van der Waals surface area contributed by atoms with Crippen LogP contribution in [0.15, 0.2) is 18.2 Å². The summed E-state index contributed by atoms with van der Waals surface area (Å²) in [6.07, 6.45) is 5.82. The second-order valence-electron chi connectivity index (χ2n) is 5.86. The second kappa shape index (κ2) is 6.42. The molecule has 1 atom stereocenters. The molecule has 0 heterocycles. The van der Waals surface area contributed by atoms with Gasteiger partial charge in [0.1, 0.15) is 5.75 Å². The highest BCUT2D eigenvalue weighted by molar-refractivity contribution is 5.37. The van der Waals surface area contributed by atoms with Gasteiger partial charge in [0.15, 0.2) is 0 Å². The Balaban J connectivity index is 2.03. The molecular weight excluding hydrogens is 236 g/mol. The van der Waals surface area contributed by atoms with Gasteiger partial charge in [-0.15, -0.1) is 0 Å². The Morgan fingerprint density at radius 3 is 2.47 bits per heavy atom. The number of hydrogen-bond donors (Lipinski definition) is 1. The number of aryl methyl sites for hydroxylation is 1. The summed E-state index contributed by atoms with van der Waals surface area (Å²) in [7, 11) is 1.68. The van der Waals surface area contributed by atoms with Gasteiger partial charge in [0.05, 0.1) is 13.2 Å². The molecule has 106 valence electrons.